The third kappa shape index (κ3) is 5.24. The van der Waals surface area contributed by atoms with E-state index in [4.69, 9.17) is 9.47 Å². The lowest BCUT2D eigenvalue weighted by Crippen LogP contribution is -2.29. The number of aryl methyl sites for hydroxylation is 1. The predicted molar refractivity (Wildman–Crippen MR) is 146 cm³/mol. The summed E-state index contributed by atoms with van der Waals surface area (Å²) in [6.07, 6.45) is 6.16. The van der Waals surface area contributed by atoms with E-state index in [-0.39, 0.29) is 40.4 Å². The lowest BCUT2D eigenvalue weighted by molar-refractivity contribution is -0.135. The number of Topliss-reactive ketones (excluding diaryl/α,β-unsaturated/α-hetero) is 1. The Kier molecular flexibility index (Phi) is 7.37. The number of fused-ring (bicyclic) bond motifs is 3. The van der Waals surface area contributed by atoms with Crippen LogP contribution in [0.3, 0.4) is 0 Å². The van der Waals surface area contributed by atoms with Crippen molar-refractivity contribution in [1.82, 2.24) is 4.57 Å². The van der Waals surface area contributed by atoms with Crippen molar-refractivity contribution >= 4 is 34.7 Å². The lowest BCUT2D eigenvalue weighted by Gasteiger charge is -2.27. The number of hydrogen-bond acceptors (Lipinski definition) is 7. The van der Waals surface area contributed by atoms with Crippen molar-refractivity contribution in [3.63, 3.8) is 0 Å². The zero-order chi connectivity index (χ0) is 27.7. The zero-order valence-electron chi connectivity index (χ0n) is 22.1. The molecule has 2 aliphatic rings. The van der Waals surface area contributed by atoms with Gasteiger partial charge in [0.05, 0.1) is 18.0 Å². The minimum absolute atomic E-state index is 0.0365. The molecule has 0 spiro atoms. The maximum Gasteiger partial charge on any atom is 0.342 e. The fourth-order valence-electron chi connectivity index (χ4n) is 5.48. The second-order valence-corrected chi connectivity index (χ2v) is 10.3. The summed E-state index contributed by atoms with van der Waals surface area (Å²) >= 11 is 0. The molecule has 0 unspecified atom stereocenters. The minimum atomic E-state index is -0.817. The first-order valence-electron chi connectivity index (χ1n) is 13.3. The van der Waals surface area contributed by atoms with E-state index in [1.165, 1.54) is 4.57 Å². The summed E-state index contributed by atoms with van der Waals surface area (Å²) in [7, 11) is 1.66. The zero-order valence-corrected chi connectivity index (χ0v) is 22.1. The Labute approximate surface area is 225 Å². The summed E-state index contributed by atoms with van der Waals surface area (Å²) in [5.41, 5.74) is 1.28. The Hall–Kier alpha value is -4.20. The van der Waals surface area contributed by atoms with E-state index >= 15 is 0 Å². The van der Waals surface area contributed by atoms with Crippen LogP contribution in [0.15, 0.2) is 47.3 Å². The first kappa shape index (κ1) is 26.4. The third-order valence-corrected chi connectivity index (χ3v) is 7.51. The largest absolute Gasteiger partial charge is 0.507 e. The first-order chi connectivity index (χ1) is 18.7. The fraction of sp³-hybridized carbons (Fsp3) is 0.355. The second kappa shape index (κ2) is 10.9. The molecule has 3 aromatic rings. The van der Waals surface area contributed by atoms with E-state index < -0.39 is 24.0 Å². The number of hydrogen-bond donors (Lipinski definition) is 1. The van der Waals surface area contributed by atoms with Crippen LogP contribution in [-0.2, 0) is 21.4 Å². The first-order valence-corrected chi connectivity index (χ1v) is 13.3. The van der Waals surface area contributed by atoms with Crippen LogP contribution in [0, 0.1) is 0 Å². The molecular formula is C31H31NO7. The van der Waals surface area contributed by atoms with Gasteiger partial charge < -0.3 is 19.1 Å². The number of aromatic nitrogens is 1. The van der Waals surface area contributed by atoms with Gasteiger partial charge in [0.25, 0.3) is 5.56 Å². The van der Waals surface area contributed by atoms with Crippen LogP contribution in [0.4, 0.5) is 0 Å². The van der Waals surface area contributed by atoms with E-state index in [0.717, 1.165) is 10.9 Å². The van der Waals surface area contributed by atoms with Gasteiger partial charge in [0.15, 0.2) is 0 Å². The van der Waals surface area contributed by atoms with Gasteiger partial charge in [-0.2, -0.15) is 0 Å². The average Bonchev–Trinajstić information content (AvgIpc) is 2.89. The van der Waals surface area contributed by atoms with Gasteiger partial charge in [-0.3, -0.25) is 14.4 Å². The summed E-state index contributed by atoms with van der Waals surface area (Å²) < 4.78 is 12.7. The Bertz CT molecular complexity index is 1570. The molecule has 202 valence electrons. The summed E-state index contributed by atoms with van der Waals surface area (Å²) in [5.74, 6) is -2.15. The predicted octanol–water partition coefficient (Wildman–Crippen LogP) is 5.17. The van der Waals surface area contributed by atoms with Crippen LogP contribution in [-0.4, -0.2) is 33.5 Å². The second-order valence-electron chi connectivity index (χ2n) is 10.3. The number of carbonyl (C=O) groups is 3. The number of allylic oxidation sites excluding steroid dienone is 1. The summed E-state index contributed by atoms with van der Waals surface area (Å²) in [4.78, 5) is 51.6. The number of cyclic esters (lactones) is 1. The maximum absolute atomic E-state index is 13.4. The van der Waals surface area contributed by atoms with Crippen molar-refractivity contribution in [2.75, 3.05) is 0 Å². The molecule has 0 radical (unpaired) electrons. The number of carbonyl (C=O) groups excluding carboxylic acids is 3. The van der Waals surface area contributed by atoms with E-state index in [0.29, 0.717) is 49.7 Å². The van der Waals surface area contributed by atoms with Gasteiger partial charge >= 0.3 is 11.9 Å². The molecule has 0 saturated carbocycles. The highest BCUT2D eigenvalue weighted by Crippen LogP contribution is 2.46. The number of rotatable bonds is 1. The topological polar surface area (TPSA) is 112 Å². The Morgan fingerprint density at radius 1 is 1.03 bits per heavy atom. The van der Waals surface area contributed by atoms with Crippen molar-refractivity contribution in [3.8, 4) is 11.5 Å². The van der Waals surface area contributed by atoms with Crippen molar-refractivity contribution in [1.29, 1.82) is 0 Å². The molecule has 2 aliphatic heterocycles. The van der Waals surface area contributed by atoms with Crippen LogP contribution in [0.1, 0.15) is 84.8 Å². The van der Waals surface area contributed by atoms with Crippen LogP contribution >= 0.6 is 0 Å². The number of ketones is 1. The number of benzene rings is 2. The molecule has 2 aromatic carbocycles. The minimum Gasteiger partial charge on any atom is -0.507 e. The number of aromatic hydroxyl groups is 1. The standard InChI is InChI=1S/C31H31NO7/c1-18-9-8-13-21(33)12-5-3-4-11-20-16-25-28(29(35)27(20)31(37)38-18)22(17-26(34)39-25)23-15-19-10-6-7-14-24(19)32(2)30(23)36/h4,6-7,10-11,14-16,18,22,35H,3,5,8-9,12-13,17H2,1-2H3/b11-4+/t18-,22+/m1/s1. The van der Waals surface area contributed by atoms with Gasteiger partial charge in [-0.1, -0.05) is 30.4 Å². The molecule has 0 saturated heterocycles. The number of phenolic OH excluding ortho intramolecular Hbond substituents is 1. The van der Waals surface area contributed by atoms with Gasteiger partial charge in [0, 0.05) is 36.9 Å². The number of esters is 2. The van der Waals surface area contributed by atoms with Crippen molar-refractivity contribution in [2.45, 2.75) is 63.9 Å². The third-order valence-electron chi connectivity index (χ3n) is 7.51. The Morgan fingerprint density at radius 2 is 1.79 bits per heavy atom. The summed E-state index contributed by atoms with van der Waals surface area (Å²) in [6, 6.07) is 10.7. The number of nitrogens with zero attached hydrogens (tertiary/aromatic N) is 1. The number of ether oxygens (including phenoxy) is 2. The molecule has 0 aliphatic carbocycles. The normalized spacial score (nSPS) is 21.3. The van der Waals surface area contributed by atoms with Crippen LogP contribution in [0.2, 0.25) is 0 Å². The molecule has 0 fully saturated rings. The smallest absolute Gasteiger partial charge is 0.342 e. The number of para-hydroxylation sites is 1. The number of phenols is 1. The molecule has 39 heavy (non-hydrogen) atoms. The molecule has 8 heteroatoms. The Balaban J connectivity index is 1.67. The number of pyridine rings is 1. The molecule has 0 bridgehead atoms. The molecule has 5 rings (SSSR count). The van der Waals surface area contributed by atoms with Gasteiger partial charge in [-0.05, 0) is 61.8 Å². The van der Waals surface area contributed by atoms with Gasteiger partial charge in [0.2, 0.25) is 0 Å². The fourth-order valence-corrected chi connectivity index (χ4v) is 5.48. The molecule has 1 N–H and O–H groups in total. The van der Waals surface area contributed by atoms with Crippen LogP contribution in [0.25, 0.3) is 17.0 Å². The highest BCUT2D eigenvalue weighted by atomic mass is 16.5. The molecule has 2 atom stereocenters. The van der Waals surface area contributed by atoms with Crippen molar-refractivity contribution < 1.29 is 29.0 Å². The van der Waals surface area contributed by atoms with Gasteiger partial charge in [-0.25, -0.2) is 4.79 Å². The van der Waals surface area contributed by atoms with Gasteiger partial charge in [0.1, 0.15) is 22.8 Å². The van der Waals surface area contributed by atoms with Crippen LogP contribution in [0.5, 0.6) is 11.5 Å². The SMILES string of the molecule is C[C@@H]1CCCC(=O)CCC/C=C/c2cc3c(c(O)c2C(=O)O1)[C@H](c1cc2ccccc2n(C)c1=O)CC(=O)O3. The molecule has 1 aromatic heterocycles. The quantitative estimate of drug-likeness (QED) is 0.342. The molecule has 8 nitrogen and oxygen atoms in total. The Morgan fingerprint density at radius 3 is 2.62 bits per heavy atom. The molecular weight excluding hydrogens is 498 g/mol. The van der Waals surface area contributed by atoms with E-state index in [1.807, 2.05) is 30.3 Å². The highest BCUT2D eigenvalue weighted by Gasteiger charge is 2.37. The van der Waals surface area contributed by atoms with E-state index in [9.17, 15) is 24.3 Å². The maximum atomic E-state index is 13.4. The van der Waals surface area contributed by atoms with E-state index in [1.54, 1.807) is 32.2 Å². The molecule has 3 heterocycles. The average molecular weight is 530 g/mol. The molecule has 0 amide bonds. The van der Waals surface area contributed by atoms with Crippen LogP contribution < -0.4 is 10.3 Å². The summed E-state index contributed by atoms with van der Waals surface area (Å²) in [6.45, 7) is 1.75. The lowest BCUT2D eigenvalue weighted by atomic mass is 9.83. The monoisotopic (exact) mass is 529 g/mol. The highest BCUT2D eigenvalue weighted by molar-refractivity contribution is 5.98. The van der Waals surface area contributed by atoms with E-state index in [2.05, 4.69) is 0 Å². The van der Waals surface area contributed by atoms with Gasteiger partial charge in [-0.15, -0.1) is 0 Å². The summed E-state index contributed by atoms with van der Waals surface area (Å²) in [5, 5.41) is 12.4. The van der Waals surface area contributed by atoms with Crippen molar-refractivity contribution in [2.24, 2.45) is 7.05 Å². The van der Waals surface area contributed by atoms with Crippen molar-refractivity contribution in [3.05, 3.63) is 75.1 Å².